The summed E-state index contributed by atoms with van der Waals surface area (Å²) in [5.41, 5.74) is 8.98. The van der Waals surface area contributed by atoms with Crippen molar-refractivity contribution in [3.63, 3.8) is 0 Å². The molecule has 1 amide bonds. The van der Waals surface area contributed by atoms with Gasteiger partial charge in [0.25, 0.3) is 0 Å². The molecule has 2 aromatic rings. The van der Waals surface area contributed by atoms with E-state index < -0.39 is 0 Å². The lowest BCUT2D eigenvalue weighted by molar-refractivity contribution is -0.930. The number of nitrogens with two attached hydrogens (primary N) is 1. The number of nitrogen functional groups attached to an aromatic ring is 1. The number of amides is 1. The molecule has 1 heterocycles. The number of halogens is 2. The highest BCUT2D eigenvalue weighted by atomic mass is 35.5. The molecular weight excluding hydrogens is 381 g/mol. The first-order valence-electron chi connectivity index (χ1n) is 9.22. The van der Waals surface area contributed by atoms with Crippen LogP contribution in [0.3, 0.4) is 0 Å². The zero-order valence-corrected chi connectivity index (χ0v) is 17.2. The van der Waals surface area contributed by atoms with E-state index in [1.807, 2.05) is 36.4 Å². The topological polar surface area (TPSA) is 55.1 Å². The van der Waals surface area contributed by atoms with Gasteiger partial charge in [-0.15, -0.1) is 0 Å². The first-order valence-corrected chi connectivity index (χ1v) is 9.98. The van der Waals surface area contributed by atoms with Crippen LogP contribution < -0.4 is 11.1 Å². The van der Waals surface area contributed by atoms with Crippen molar-refractivity contribution < 1.29 is 9.28 Å². The van der Waals surface area contributed by atoms with Gasteiger partial charge in [-0.2, -0.15) is 0 Å². The number of carbonyl (C=O) groups excluding carboxylic acids is 1. The van der Waals surface area contributed by atoms with Crippen molar-refractivity contribution in [3.8, 4) is 0 Å². The number of quaternary nitrogens is 1. The number of benzene rings is 2. The van der Waals surface area contributed by atoms with Crippen molar-refractivity contribution in [1.29, 1.82) is 0 Å². The lowest BCUT2D eigenvalue weighted by atomic mass is 9.89. The van der Waals surface area contributed by atoms with E-state index in [2.05, 4.69) is 12.4 Å². The second-order valence-corrected chi connectivity index (χ2v) is 8.38. The van der Waals surface area contributed by atoms with Gasteiger partial charge in [0.15, 0.2) is 0 Å². The normalized spacial score (nSPS) is 18.1. The number of anilines is 1. The average Bonchev–Trinajstić information content (AvgIpc) is 3.06. The van der Waals surface area contributed by atoms with Gasteiger partial charge >= 0.3 is 0 Å². The second-order valence-electron chi connectivity index (χ2n) is 7.56. The first kappa shape index (κ1) is 20.0. The van der Waals surface area contributed by atoms with E-state index in [0.717, 1.165) is 41.5 Å². The number of likely N-dealkylation sites (tertiary alicyclic amines) is 1. The summed E-state index contributed by atoms with van der Waals surface area (Å²) in [6, 6.07) is 13.3. The number of likely N-dealkylation sites (N-methyl/N-ethyl adjacent to an activating group) is 1. The highest BCUT2D eigenvalue weighted by Crippen LogP contribution is 2.44. The van der Waals surface area contributed by atoms with Crippen LogP contribution in [0.1, 0.15) is 43.0 Å². The van der Waals surface area contributed by atoms with Crippen LogP contribution in [-0.4, -0.2) is 30.5 Å². The fourth-order valence-electron chi connectivity index (χ4n) is 4.27. The van der Waals surface area contributed by atoms with Crippen LogP contribution in [0.5, 0.6) is 0 Å². The highest BCUT2D eigenvalue weighted by molar-refractivity contribution is 6.42. The fraction of sp³-hybridized carbons (Fsp3) is 0.381. The molecule has 1 fully saturated rings. The number of carbonyl (C=O) groups is 1. The first-order chi connectivity index (χ1) is 12.8. The molecule has 3 N–H and O–H groups in total. The molecular formula is C21H26Cl2N3O+. The lowest BCUT2D eigenvalue weighted by Gasteiger charge is -2.43. The Hall–Kier alpha value is -1.75. The standard InChI is InChI=1S/C21H25Cl2N3O/c1-14(27)25-20(15-8-4-3-5-9-15)21(26(2)10-6-7-11-26)16-12-17(22)18(23)13-19(16)24/h3-5,8-9,12-13,20-21H,6-7,10-11,24H2,1-2H3/p+1/t20-,21?/m0/s1. The molecule has 0 saturated carbocycles. The molecule has 6 heteroatoms. The quantitative estimate of drug-likeness (QED) is 0.556. The Labute approximate surface area is 170 Å². The van der Waals surface area contributed by atoms with Crippen molar-refractivity contribution in [1.82, 2.24) is 5.32 Å². The molecule has 0 spiro atoms. The molecule has 144 valence electrons. The van der Waals surface area contributed by atoms with E-state index in [0.29, 0.717) is 15.7 Å². The second kappa shape index (κ2) is 8.09. The summed E-state index contributed by atoms with van der Waals surface area (Å²) in [4.78, 5) is 12.1. The maximum atomic E-state index is 12.1. The van der Waals surface area contributed by atoms with Gasteiger partial charge in [-0.3, -0.25) is 4.79 Å². The van der Waals surface area contributed by atoms with Gasteiger partial charge < -0.3 is 15.5 Å². The smallest absolute Gasteiger partial charge is 0.217 e. The van der Waals surface area contributed by atoms with Crippen LogP contribution in [-0.2, 0) is 4.79 Å². The summed E-state index contributed by atoms with van der Waals surface area (Å²) < 4.78 is 0.794. The zero-order chi connectivity index (χ0) is 19.6. The molecule has 2 atom stereocenters. The molecule has 0 aliphatic carbocycles. The Balaban J connectivity index is 2.19. The van der Waals surface area contributed by atoms with Crippen molar-refractivity contribution >= 4 is 34.8 Å². The minimum atomic E-state index is -0.216. The van der Waals surface area contributed by atoms with Gasteiger partial charge in [0.05, 0.1) is 30.2 Å². The van der Waals surface area contributed by atoms with Gasteiger partial charge in [0.1, 0.15) is 12.1 Å². The molecule has 0 aromatic heterocycles. The average molecular weight is 407 g/mol. The SMILES string of the molecule is CC(=O)N[C@@H](c1ccccc1)C(c1cc(Cl)c(Cl)cc1N)[N+]1(C)CCCC1. The van der Waals surface area contributed by atoms with E-state index in [9.17, 15) is 4.79 Å². The number of nitrogens with zero attached hydrogens (tertiary/aromatic N) is 1. The zero-order valence-electron chi connectivity index (χ0n) is 15.7. The van der Waals surface area contributed by atoms with E-state index in [1.165, 1.54) is 0 Å². The highest BCUT2D eigenvalue weighted by Gasteiger charge is 2.44. The van der Waals surface area contributed by atoms with Gasteiger partial charge in [-0.25, -0.2) is 0 Å². The predicted molar refractivity (Wildman–Crippen MR) is 112 cm³/mol. The fourth-order valence-corrected chi connectivity index (χ4v) is 4.61. The Morgan fingerprint density at radius 2 is 1.70 bits per heavy atom. The van der Waals surface area contributed by atoms with Gasteiger partial charge in [-0.1, -0.05) is 53.5 Å². The Morgan fingerprint density at radius 3 is 2.30 bits per heavy atom. The Morgan fingerprint density at radius 1 is 1.11 bits per heavy atom. The van der Waals surface area contributed by atoms with Crippen LogP contribution in [0.2, 0.25) is 10.0 Å². The van der Waals surface area contributed by atoms with Crippen LogP contribution in [0.25, 0.3) is 0 Å². The summed E-state index contributed by atoms with van der Waals surface area (Å²) in [6.45, 7) is 3.59. The van der Waals surface area contributed by atoms with Crippen LogP contribution in [0, 0.1) is 0 Å². The number of rotatable bonds is 5. The third-order valence-corrected chi connectivity index (χ3v) is 6.26. The van der Waals surface area contributed by atoms with E-state index >= 15 is 0 Å². The summed E-state index contributed by atoms with van der Waals surface area (Å²) in [5.74, 6) is -0.0710. The minimum Gasteiger partial charge on any atom is -0.398 e. The molecule has 0 radical (unpaired) electrons. The van der Waals surface area contributed by atoms with Crippen molar-refractivity contribution in [3.05, 3.63) is 63.6 Å². The maximum absolute atomic E-state index is 12.1. The largest absolute Gasteiger partial charge is 0.398 e. The summed E-state index contributed by atoms with van der Waals surface area (Å²) in [5, 5.41) is 4.09. The van der Waals surface area contributed by atoms with Crippen molar-refractivity contribution in [2.45, 2.75) is 31.8 Å². The van der Waals surface area contributed by atoms with Gasteiger partial charge in [0.2, 0.25) is 5.91 Å². The van der Waals surface area contributed by atoms with Crippen molar-refractivity contribution in [2.24, 2.45) is 0 Å². The van der Waals surface area contributed by atoms with Crippen LogP contribution in [0.4, 0.5) is 5.69 Å². The minimum absolute atomic E-state index is 0.0615. The summed E-state index contributed by atoms with van der Waals surface area (Å²) >= 11 is 12.5. The Bertz CT molecular complexity index is 820. The molecule has 27 heavy (non-hydrogen) atoms. The molecule has 4 nitrogen and oxygen atoms in total. The molecule has 0 bridgehead atoms. The summed E-state index contributed by atoms with van der Waals surface area (Å²) in [7, 11) is 2.23. The number of hydrogen-bond acceptors (Lipinski definition) is 2. The predicted octanol–water partition coefficient (Wildman–Crippen LogP) is 4.73. The maximum Gasteiger partial charge on any atom is 0.217 e. The molecule has 1 saturated heterocycles. The van der Waals surface area contributed by atoms with Gasteiger partial charge in [0, 0.05) is 31.0 Å². The van der Waals surface area contributed by atoms with E-state index in [-0.39, 0.29) is 18.0 Å². The monoisotopic (exact) mass is 406 g/mol. The van der Waals surface area contributed by atoms with Crippen molar-refractivity contribution in [2.75, 3.05) is 25.9 Å². The van der Waals surface area contributed by atoms with Crippen LogP contribution >= 0.6 is 23.2 Å². The number of nitrogens with one attached hydrogen (secondary N) is 1. The third-order valence-electron chi connectivity index (χ3n) is 5.54. The molecule has 1 aliphatic heterocycles. The summed E-state index contributed by atoms with van der Waals surface area (Å²) in [6.07, 6.45) is 2.30. The van der Waals surface area contributed by atoms with E-state index in [4.69, 9.17) is 28.9 Å². The molecule has 3 rings (SSSR count). The van der Waals surface area contributed by atoms with Crippen LogP contribution in [0.15, 0.2) is 42.5 Å². The third kappa shape index (κ3) is 4.23. The van der Waals surface area contributed by atoms with Gasteiger partial charge in [-0.05, 0) is 17.7 Å². The lowest BCUT2D eigenvalue weighted by Crippen LogP contribution is -2.50. The molecule has 1 unspecified atom stereocenters. The Kier molecular flexibility index (Phi) is 5.99. The molecule has 1 aliphatic rings. The number of hydrogen-bond donors (Lipinski definition) is 2. The van der Waals surface area contributed by atoms with E-state index in [1.54, 1.807) is 13.0 Å². The molecule has 2 aromatic carbocycles.